The van der Waals surface area contributed by atoms with Gasteiger partial charge in [-0.05, 0) is 12.8 Å². The third kappa shape index (κ3) is 2.84. The predicted octanol–water partition coefficient (Wildman–Crippen LogP) is 0.904. The van der Waals surface area contributed by atoms with Crippen LogP contribution in [0.2, 0.25) is 0 Å². The van der Waals surface area contributed by atoms with Crippen LogP contribution in [0.3, 0.4) is 0 Å². The molecule has 0 radical (unpaired) electrons. The third-order valence-electron chi connectivity index (χ3n) is 2.43. The van der Waals surface area contributed by atoms with Crippen molar-refractivity contribution in [2.24, 2.45) is 0 Å². The Bertz CT molecular complexity index is 165. The molecule has 0 unspecified atom stereocenters. The number of rotatable bonds is 4. The van der Waals surface area contributed by atoms with Gasteiger partial charge in [0.2, 0.25) is 0 Å². The van der Waals surface area contributed by atoms with Crippen LogP contribution in [0.1, 0.15) is 32.1 Å². The third-order valence-corrected chi connectivity index (χ3v) is 2.43. The Kier molecular flexibility index (Phi) is 3.58. The van der Waals surface area contributed by atoms with Gasteiger partial charge in [0.1, 0.15) is 0 Å². The minimum Gasteiger partial charge on any atom is -0.389 e. The summed E-state index contributed by atoms with van der Waals surface area (Å²) in [6.07, 6.45) is 10.1. The Morgan fingerprint density at radius 2 is 2.08 bits per heavy atom. The molecule has 12 heavy (non-hydrogen) atoms. The van der Waals surface area contributed by atoms with Crippen LogP contribution in [-0.2, 0) is 0 Å². The molecular weight excluding hydrogens is 150 g/mol. The molecule has 68 valence electrons. The van der Waals surface area contributed by atoms with E-state index < -0.39 is 5.60 Å². The van der Waals surface area contributed by atoms with Crippen molar-refractivity contribution >= 4 is 0 Å². The molecular formula is C10H17NO. The maximum Gasteiger partial charge on any atom is 0.0771 e. The maximum atomic E-state index is 9.88. The second-order valence-corrected chi connectivity index (χ2v) is 3.56. The number of nitrogens with one attached hydrogen (secondary N) is 1. The van der Waals surface area contributed by atoms with Gasteiger partial charge in [-0.1, -0.05) is 12.8 Å². The van der Waals surface area contributed by atoms with Gasteiger partial charge in [-0.25, -0.2) is 0 Å². The summed E-state index contributed by atoms with van der Waals surface area (Å²) in [7, 11) is 0. The summed E-state index contributed by atoms with van der Waals surface area (Å²) in [6, 6.07) is 0. The van der Waals surface area contributed by atoms with E-state index in [1.165, 1.54) is 0 Å². The average molecular weight is 167 g/mol. The molecule has 1 aliphatic carbocycles. The highest BCUT2D eigenvalue weighted by Gasteiger charge is 2.30. The largest absolute Gasteiger partial charge is 0.389 e. The standard InChI is InChI=1S/C10H17NO/c1-2-3-8-11-9-10(12)6-4-5-7-10/h1,11-12H,3-9H2. The second-order valence-electron chi connectivity index (χ2n) is 3.56. The zero-order valence-corrected chi connectivity index (χ0v) is 7.47. The van der Waals surface area contributed by atoms with Crippen LogP contribution in [-0.4, -0.2) is 23.8 Å². The monoisotopic (exact) mass is 167 g/mol. The van der Waals surface area contributed by atoms with Gasteiger partial charge in [-0.15, -0.1) is 12.3 Å². The summed E-state index contributed by atoms with van der Waals surface area (Å²) < 4.78 is 0. The van der Waals surface area contributed by atoms with Gasteiger partial charge in [0, 0.05) is 19.5 Å². The molecule has 1 aliphatic rings. The topological polar surface area (TPSA) is 32.3 Å². The highest BCUT2D eigenvalue weighted by Crippen LogP contribution is 2.28. The summed E-state index contributed by atoms with van der Waals surface area (Å²) in [5.41, 5.74) is -0.436. The van der Waals surface area contributed by atoms with Gasteiger partial charge in [0.25, 0.3) is 0 Å². The van der Waals surface area contributed by atoms with Crippen molar-refractivity contribution in [3.05, 3.63) is 0 Å². The zero-order valence-electron chi connectivity index (χ0n) is 7.47. The molecule has 2 heteroatoms. The minimum absolute atomic E-state index is 0.436. The first kappa shape index (κ1) is 9.57. The summed E-state index contributed by atoms with van der Waals surface area (Å²) >= 11 is 0. The summed E-state index contributed by atoms with van der Waals surface area (Å²) in [5.74, 6) is 2.56. The van der Waals surface area contributed by atoms with Gasteiger partial charge >= 0.3 is 0 Å². The van der Waals surface area contributed by atoms with Gasteiger partial charge < -0.3 is 10.4 Å². The molecule has 1 rings (SSSR count). The lowest BCUT2D eigenvalue weighted by Gasteiger charge is -2.22. The van der Waals surface area contributed by atoms with E-state index in [1.807, 2.05) is 0 Å². The number of hydrogen-bond acceptors (Lipinski definition) is 2. The van der Waals surface area contributed by atoms with E-state index in [9.17, 15) is 5.11 Å². The first-order valence-corrected chi connectivity index (χ1v) is 4.63. The molecule has 2 N–H and O–H groups in total. The second kappa shape index (κ2) is 4.49. The van der Waals surface area contributed by atoms with E-state index in [0.29, 0.717) is 6.54 Å². The van der Waals surface area contributed by atoms with Crippen LogP contribution in [0.15, 0.2) is 0 Å². The average Bonchev–Trinajstić information content (AvgIpc) is 2.47. The summed E-state index contributed by atoms with van der Waals surface area (Å²) in [6.45, 7) is 1.52. The number of terminal acetylenes is 1. The van der Waals surface area contributed by atoms with Crippen LogP contribution >= 0.6 is 0 Å². The lowest BCUT2D eigenvalue weighted by atomic mass is 10.0. The van der Waals surface area contributed by atoms with E-state index in [0.717, 1.165) is 38.6 Å². The number of hydrogen-bond donors (Lipinski definition) is 2. The Balaban J connectivity index is 2.09. The van der Waals surface area contributed by atoms with E-state index in [1.54, 1.807) is 0 Å². The predicted molar refractivity (Wildman–Crippen MR) is 49.7 cm³/mol. The first-order valence-electron chi connectivity index (χ1n) is 4.63. The smallest absolute Gasteiger partial charge is 0.0771 e. The first-order chi connectivity index (χ1) is 5.77. The molecule has 0 amide bonds. The molecule has 0 aromatic heterocycles. The van der Waals surface area contributed by atoms with Crippen molar-refractivity contribution in [2.75, 3.05) is 13.1 Å². The molecule has 1 fully saturated rings. The van der Waals surface area contributed by atoms with Crippen LogP contribution in [0.5, 0.6) is 0 Å². The van der Waals surface area contributed by atoms with E-state index >= 15 is 0 Å². The Hall–Kier alpha value is -0.520. The highest BCUT2D eigenvalue weighted by atomic mass is 16.3. The molecule has 0 spiro atoms. The van der Waals surface area contributed by atoms with Crippen LogP contribution in [0, 0.1) is 12.3 Å². The maximum absolute atomic E-state index is 9.88. The number of aliphatic hydroxyl groups is 1. The molecule has 0 heterocycles. The molecule has 0 saturated heterocycles. The van der Waals surface area contributed by atoms with E-state index in [4.69, 9.17) is 6.42 Å². The quantitative estimate of drug-likeness (QED) is 0.482. The molecule has 0 bridgehead atoms. The van der Waals surface area contributed by atoms with Gasteiger partial charge in [-0.2, -0.15) is 0 Å². The molecule has 1 saturated carbocycles. The van der Waals surface area contributed by atoms with Crippen molar-refractivity contribution in [1.29, 1.82) is 0 Å². The molecule has 0 aliphatic heterocycles. The zero-order chi connectivity index (χ0) is 8.86. The van der Waals surface area contributed by atoms with E-state index in [-0.39, 0.29) is 0 Å². The Morgan fingerprint density at radius 3 is 2.67 bits per heavy atom. The molecule has 0 aromatic carbocycles. The Labute approximate surface area is 74.4 Å². The highest BCUT2D eigenvalue weighted by molar-refractivity contribution is 4.88. The van der Waals surface area contributed by atoms with Gasteiger partial charge in [0.15, 0.2) is 0 Å². The van der Waals surface area contributed by atoms with Crippen molar-refractivity contribution in [3.8, 4) is 12.3 Å². The summed E-state index contributed by atoms with van der Waals surface area (Å²) in [5, 5.41) is 13.1. The summed E-state index contributed by atoms with van der Waals surface area (Å²) in [4.78, 5) is 0. The normalized spacial score (nSPS) is 20.7. The van der Waals surface area contributed by atoms with Crippen molar-refractivity contribution in [2.45, 2.75) is 37.7 Å². The SMILES string of the molecule is C#CCCNCC1(O)CCCC1. The van der Waals surface area contributed by atoms with Crippen LogP contribution in [0.4, 0.5) is 0 Å². The molecule has 0 aromatic rings. The van der Waals surface area contributed by atoms with Gasteiger partial charge in [0.05, 0.1) is 5.60 Å². The van der Waals surface area contributed by atoms with Crippen molar-refractivity contribution in [3.63, 3.8) is 0 Å². The lowest BCUT2D eigenvalue weighted by Crippen LogP contribution is -2.38. The fourth-order valence-corrected chi connectivity index (χ4v) is 1.69. The fraction of sp³-hybridized carbons (Fsp3) is 0.800. The van der Waals surface area contributed by atoms with Crippen LogP contribution in [0.25, 0.3) is 0 Å². The van der Waals surface area contributed by atoms with Crippen LogP contribution < -0.4 is 5.32 Å². The molecule has 2 nitrogen and oxygen atoms in total. The minimum atomic E-state index is -0.436. The van der Waals surface area contributed by atoms with Crippen molar-refractivity contribution < 1.29 is 5.11 Å². The molecule has 0 atom stereocenters. The Morgan fingerprint density at radius 1 is 1.42 bits per heavy atom. The lowest BCUT2D eigenvalue weighted by molar-refractivity contribution is 0.0481. The van der Waals surface area contributed by atoms with Gasteiger partial charge in [-0.3, -0.25) is 0 Å². The van der Waals surface area contributed by atoms with Crippen molar-refractivity contribution in [1.82, 2.24) is 5.32 Å². The fourth-order valence-electron chi connectivity index (χ4n) is 1.69. The van der Waals surface area contributed by atoms with E-state index in [2.05, 4.69) is 11.2 Å².